The summed E-state index contributed by atoms with van der Waals surface area (Å²) in [6, 6.07) is 0. The Balaban J connectivity index is 0. The first-order valence-electron chi connectivity index (χ1n) is 2.81. The zero-order valence-corrected chi connectivity index (χ0v) is 8.34. The second kappa shape index (κ2) is 5.44. The standard InChI is InChI=1S/C5H11Cl2NO.ClH/c1-3-8(2,9)4-5(6)7;/h5H,3-4H2,1-2H3;1H. The van der Waals surface area contributed by atoms with Crippen molar-refractivity contribution in [1.29, 1.82) is 0 Å². The van der Waals surface area contributed by atoms with Gasteiger partial charge in [0.2, 0.25) is 0 Å². The SMILES string of the molecule is CC[N+](C)([O-])CC(Cl)Cl.Cl. The highest BCUT2D eigenvalue weighted by Crippen LogP contribution is 2.08. The van der Waals surface area contributed by atoms with E-state index in [4.69, 9.17) is 23.2 Å². The van der Waals surface area contributed by atoms with Gasteiger partial charge < -0.3 is 9.85 Å². The first kappa shape index (κ1) is 13.4. The molecule has 2 nitrogen and oxygen atoms in total. The van der Waals surface area contributed by atoms with Crippen molar-refractivity contribution in [3.63, 3.8) is 0 Å². The molecule has 0 rings (SSSR count). The molecule has 0 aliphatic heterocycles. The van der Waals surface area contributed by atoms with E-state index in [1.54, 1.807) is 7.05 Å². The van der Waals surface area contributed by atoms with Gasteiger partial charge in [0.15, 0.2) is 4.84 Å². The highest BCUT2D eigenvalue weighted by atomic mass is 35.5. The van der Waals surface area contributed by atoms with Crippen molar-refractivity contribution >= 4 is 35.6 Å². The van der Waals surface area contributed by atoms with E-state index in [0.717, 1.165) is 0 Å². The summed E-state index contributed by atoms with van der Waals surface area (Å²) in [5.74, 6) is 0. The summed E-state index contributed by atoms with van der Waals surface area (Å²) in [5.41, 5.74) is 0. The maximum absolute atomic E-state index is 11.1. The lowest BCUT2D eigenvalue weighted by Crippen LogP contribution is -2.40. The second-order valence-corrected chi connectivity index (χ2v) is 3.46. The van der Waals surface area contributed by atoms with Crippen LogP contribution in [0.4, 0.5) is 0 Å². The summed E-state index contributed by atoms with van der Waals surface area (Å²) in [6.07, 6.45) is 0. The van der Waals surface area contributed by atoms with Gasteiger partial charge in [0.25, 0.3) is 0 Å². The largest absolute Gasteiger partial charge is 0.633 e. The van der Waals surface area contributed by atoms with Crippen LogP contribution in [0.1, 0.15) is 6.92 Å². The summed E-state index contributed by atoms with van der Waals surface area (Å²) >= 11 is 10.8. The highest BCUT2D eigenvalue weighted by Gasteiger charge is 2.11. The van der Waals surface area contributed by atoms with Gasteiger partial charge in [0.1, 0.15) is 6.54 Å². The van der Waals surface area contributed by atoms with Crippen molar-refractivity contribution in [2.75, 3.05) is 20.1 Å². The van der Waals surface area contributed by atoms with E-state index >= 15 is 0 Å². The van der Waals surface area contributed by atoms with E-state index < -0.39 is 4.84 Å². The molecule has 0 amide bonds. The maximum Gasteiger partial charge on any atom is 0.156 e. The Kier molecular flexibility index (Phi) is 7.28. The van der Waals surface area contributed by atoms with Crippen LogP contribution < -0.4 is 0 Å². The van der Waals surface area contributed by atoms with Crippen molar-refractivity contribution in [3.8, 4) is 0 Å². The fourth-order valence-corrected chi connectivity index (χ4v) is 1.00. The van der Waals surface area contributed by atoms with E-state index in [1.807, 2.05) is 6.92 Å². The van der Waals surface area contributed by atoms with Crippen LogP contribution in [0.15, 0.2) is 0 Å². The Labute approximate surface area is 77.7 Å². The molecule has 0 N–H and O–H groups in total. The summed E-state index contributed by atoms with van der Waals surface area (Å²) in [5, 5.41) is 11.1. The molecule has 0 saturated heterocycles. The lowest BCUT2D eigenvalue weighted by atomic mass is 10.5. The van der Waals surface area contributed by atoms with E-state index in [2.05, 4.69) is 0 Å². The van der Waals surface area contributed by atoms with E-state index in [-0.39, 0.29) is 23.6 Å². The molecule has 5 heteroatoms. The van der Waals surface area contributed by atoms with Gasteiger partial charge in [-0.2, -0.15) is 0 Å². The molecular weight excluding hydrogens is 196 g/mol. The molecule has 0 fully saturated rings. The lowest BCUT2D eigenvalue weighted by Gasteiger charge is -2.37. The molecule has 0 aromatic rings. The zero-order valence-electron chi connectivity index (χ0n) is 6.01. The Morgan fingerprint density at radius 2 is 1.90 bits per heavy atom. The number of hydrogen-bond donors (Lipinski definition) is 0. The van der Waals surface area contributed by atoms with Crippen LogP contribution in [0.3, 0.4) is 0 Å². The third-order valence-electron chi connectivity index (χ3n) is 1.19. The first-order chi connectivity index (χ1) is 3.98. The lowest BCUT2D eigenvalue weighted by molar-refractivity contribution is -0.857. The molecular formula is C5H12Cl3NO. The summed E-state index contributed by atoms with van der Waals surface area (Å²) in [4.78, 5) is -0.549. The Hall–Kier alpha value is 0.790. The van der Waals surface area contributed by atoms with Gasteiger partial charge in [-0.15, -0.1) is 12.4 Å². The number of hydroxylamine groups is 3. The zero-order chi connectivity index (χ0) is 7.49. The van der Waals surface area contributed by atoms with Crippen molar-refractivity contribution < 1.29 is 4.65 Å². The monoisotopic (exact) mass is 207 g/mol. The van der Waals surface area contributed by atoms with Crippen molar-refractivity contribution in [3.05, 3.63) is 5.21 Å². The number of quaternary nitrogens is 1. The van der Waals surface area contributed by atoms with Crippen molar-refractivity contribution in [1.82, 2.24) is 0 Å². The third kappa shape index (κ3) is 6.90. The number of halogens is 3. The topological polar surface area (TPSA) is 23.1 Å². The average Bonchev–Trinajstić information content (AvgIpc) is 1.63. The van der Waals surface area contributed by atoms with Crippen molar-refractivity contribution in [2.45, 2.75) is 11.8 Å². The smallest absolute Gasteiger partial charge is 0.156 e. The van der Waals surface area contributed by atoms with Crippen LogP contribution >= 0.6 is 35.6 Å². The minimum atomic E-state index is -0.549. The molecule has 0 saturated carbocycles. The molecule has 0 aliphatic rings. The summed E-state index contributed by atoms with van der Waals surface area (Å²) < 4.78 is -0.363. The number of hydrogen-bond acceptors (Lipinski definition) is 1. The molecule has 1 atom stereocenters. The van der Waals surface area contributed by atoms with Crippen LogP contribution in [0.2, 0.25) is 0 Å². The molecule has 0 aliphatic carbocycles. The molecule has 10 heavy (non-hydrogen) atoms. The first-order valence-corrected chi connectivity index (χ1v) is 3.69. The van der Waals surface area contributed by atoms with Gasteiger partial charge in [0.05, 0.1) is 13.6 Å². The second-order valence-electron chi connectivity index (χ2n) is 2.19. The predicted octanol–water partition coefficient (Wildman–Crippen LogP) is 2.18. The van der Waals surface area contributed by atoms with E-state index in [9.17, 15) is 5.21 Å². The van der Waals surface area contributed by atoms with Crippen LogP contribution in [0, 0.1) is 5.21 Å². The molecule has 64 valence electrons. The summed E-state index contributed by atoms with van der Waals surface area (Å²) in [7, 11) is 1.55. The molecule has 0 heterocycles. The third-order valence-corrected chi connectivity index (χ3v) is 1.47. The molecule has 0 spiro atoms. The highest BCUT2D eigenvalue weighted by molar-refractivity contribution is 6.44. The Bertz CT molecular complexity index is 87.0. The fourth-order valence-electron chi connectivity index (χ4n) is 0.421. The molecule has 0 bridgehead atoms. The number of rotatable bonds is 3. The molecule has 1 unspecified atom stereocenters. The van der Waals surface area contributed by atoms with Crippen LogP contribution in [-0.4, -0.2) is 29.6 Å². The van der Waals surface area contributed by atoms with Crippen LogP contribution in [0.5, 0.6) is 0 Å². The van der Waals surface area contributed by atoms with Gasteiger partial charge in [-0.1, -0.05) is 23.2 Å². The van der Waals surface area contributed by atoms with Gasteiger partial charge in [0, 0.05) is 0 Å². The summed E-state index contributed by atoms with van der Waals surface area (Å²) in [6.45, 7) is 2.58. The fraction of sp³-hybridized carbons (Fsp3) is 1.00. The van der Waals surface area contributed by atoms with Gasteiger partial charge >= 0.3 is 0 Å². The maximum atomic E-state index is 11.1. The molecule has 0 radical (unpaired) electrons. The van der Waals surface area contributed by atoms with Gasteiger partial charge in [-0.3, -0.25) is 0 Å². The van der Waals surface area contributed by atoms with Crippen molar-refractivity contribution in [2.24, 2.45) is 0 Å². The van der Waals surface area contributed by atoms with E-state index in [1.165, 1.54) is 0 Å². The quantitative estimate of drug-likeness (QED) is 0.396. The minimum Gasteiger partial charge on any atom is -0.633 e. The van der Waals surface area contributed by atoms with E-state index in [0.29, 0.717) is 6.54 Å². The number of alkyl halides is 2. The normalized spacial score (nSPS) is 16.2. The predicted molar refractivity (Wildman–Crippen MR) is 47.7 cm³/mol. The van der Waals surface area contributed by atoms with Gasteiger partial charge in [-0.05, 0) is 6.92 Å². The number of nitrogens with zero attached hydrogens (tertiary/aromatic N) is 1. The minimum absolute atomic E-state index is 0. The average molecular weight is 209 g/mol. The Morgan fingerprint density at radius 1 is 1.50 bits per heavy atom. The Morgan fingerprint density at radius 3 is 2.00 bits per heavy atom. The molecule has 0 aromatic heterocycles. The van der Waals surface area contributed by atoms with Crippen LogP contribution in [-0.2, 0) is 0 Å². The molecule has 0 aromatic carbocycles. The van der Waals surface area contributed by atoms with Gasteiger partial charge in [-0.25, -0.2) is 0 Å². The van der Waals surface area contributed by atoms with Crippen LogP contribution in [0.25, 0.3) is 0 Å².